The maximum absolute atomic E-state index is 11.2. The molecule has 0 saturated carbocycles. The van der Waals surface area contributed by atoms with Crippen molar-refractivity contribution in [2.75, 3.05) is 6.61 Å². The summed E-state index contributed by atoms with van der Waals surface area (Å²) in [6.07, 6.45) is 6.94. The third-order valence-corrected chi connectivity index (χ3v) is 5.16. The van der Waals surface area contributed by atoms with Gasteiger partial charge >= 0.3 is 0 Å². The molecule has 0 amide bonds. The van der Waals surface area contributed by atoms with Crippen molar-refractivity contribution in [2.24, 2.45) is 5.14 Å². The molecule has 1 atom stereocenters. The van der Waals surface area contributed by atoms with Gasteiger partial charge in [-0.1, -0.05) is 18.2 Å². The lowest BCUT2D eigenvalue weighted by Crippen LogP contribution is -2.10. The van der Waals surface area contributed by atoms with Crippen molar-refractivity contribution in [3.63, 3.8) is 0 Å². The van der Waals surface area contributed by atoms with Crippen LogP contribution in [0.1, 0.15) is 18.2 Å². The molecule has 1 aromatic heterocycles. The molecule has 0 bridgehead atoms. The molecule has 0 radical (unpaired) electrons. The predicted molar refractivity (Wildman–Crippen MR) is 72.8 cm³/mol. The summed E-state index contributed by atoms with van der Waals surface area (Å²) >= 11 is 1.19. The smallest absolute Gasteiger partial charge is 0.247 e. The zero-order valence-electron chi connectivity index (χ0n) is 10.00. The zero-order chi connectivity index (χ0) is 13.2. The van der Waals surface area contributed by atoms with E-state index in [9.17, 15) is 8.42 Å². The van der Waals surface area contributed by atoms with Crippen molar-refractivity contribution in [3.8, 4) is 0 Å². The van der Waals surface area contributed by atoms with E-state index in [4.69, 9.17) is 9.88 Å². The molecule has 0 saturated heterocycles. The van der Waals surface area contributed by atoms with Crippen LogP contribution >= 0.6 is 11.3 Å². The van der Waals surface area contributed by atoms with Crippen molar-refractivity contribution in [1.29, 1.82) is 0 Å². The predicted octanol–water partition coefficient (Wildman–Crippen LogP) is 2.14. The standard InChI is InChI=1S/C12H15NO3S2/c1-2-16-10-5-3-9(4-6-10)11-7-8-12(17-11)18(13,14)15/h3-5,7-8,10H,2,6H2,1H3,(H2,13,14,15). The molecule has 6 heteroatoms. The molecule has 0 aromatic carbocycles. The van der Waals surface area contributed by atoms with Crippen LogP contribution in [0.5, 0.6) is 0 Å². The highest BCUT2D eigenvalue weighted by molar-refractivity contribution is 7.91. The zero-order valence-corrected chi connectivity index (χ0v) is 11.6. The lowest BCUT2D eigenvalue weighted by Gasteiger charge is -2.15. The van der Waals surface area contributed by atoms with Crippen molar-refractivity contribution in [2.45, 2.75) is 23.7 Å². The third kappa shape index (κ3) is 3.08. The van der Waals surface area contributed by atoms with E-state index in [-0.39, 0.29) is 10.3 Å². The van der Waals surface area contributed by atoms with E-state index in [2.05, 4.69) is 6.08 Å². The highest BCUT2D eigenvalue weighted by Gasteiger charge is 2.14. The van der Waals surface area contributed by atoms with E-state index in [0.29, 0.717) is 6.61 Å². The van der Waals surface area contributed by atoms with Gasteiger partial charge < -0.3 is 4.74 Å². The number of allylic oxidation sites excluding steroid dienone is 2. The minimum Gasteiger partial charge on any atom is -0.374 e. The van der Waals surface area contributed by atoms with Crippen LogP contribution in [0, 0.1) is 0 Å². The molecule has 1 heterocycles. The molecule has 0 fully saturated rings. The number of hydrogen-bond donors (Lipinski definition) is 1. The number of nitrogens with two attached hydrogens (primary N) is 1. The molecular weight excluding hydrogens is 270 g/mol. The van der Waals surface area contributed by atoms with Crippen molar-refractivity contribution in [3.05, 3.63) is 35.2 Å². The topological polar surface area (TPSA) is 69.4 Å². The highest BCUT2D eigenvalue weighted by atomic mass is 32.2. The van der Waals surface area contributed by atoms with E-state index in [1.54, 1.807) is 12.1 Å². The molecule has 4 nitrogen and oxygen atoms in total. The SMILES string of the molecule is CCOC1C=CC(c2ccc(S(N)(=O)=O)s2)=CC1. The fourth-order valence-electron chi connectivity index (χ4n) is 1.75. The van der Waals surface area contributed by atoms with Gasteiger partial charge in [0.25, 0.3) is 0 Å². The highest BCUT2D eigenvalue weighted by Crippen LogP contribution is 2.30. The summed E-state index contributed by atoms with van der Waals surface area (Å²) in [5.74, 6) is 0. The summed E-state index contributed by atoms with van der Waals surface area (Å²) in [5, 5.41) is 5.09. The van der Waals surface area contributed by atoms with Crippen LogP contribution in [0.4, 0.5) is 0 Å². The van der Waals surface area contributed by atoms with Crippen LogP contribution in [-0.2, 0) is 14.8 Å². The molecule has 1 unspecified atom stereocenters. The second kappa shape index (κ2) is 5.36. The first-order valence-corrected chi connectivity index (χ1v) is 8.00. The molecule has 1 aliphatic carbocycles. The number of ether oxygens (including phenoxy) is 1. The number of primary sulfonamides is 1. The fourth-order valence-corrected chi connectivity index (χ4v) is 3.50. The number of hydrogen-bond acceptors (Lipinski definition) is 4. The van der Waals surface area contributed by atoms with Gasteiger partial charge in [0, 0.05) is 11.5 Å². The maximum atomic E-state index is 11.2. The van der Waals surface area contributed by atoms with Crippen LogP contribution < -0.4 is 5.14 Å². The van der Waals surface area contributed by atoms with Gasteiger partial charge in [-0.15, -0.1) is 11.3 Å². The van der Waals surface area contributed by atoms with Crippen LogP contribution in [0.25, 0.3) is 5.57 Å². The third-order valence-electron chi connectivity index (χ3n) is 2.59. The first kappa shape index (κ1) is 13.5. The maximum Gasteiger partial charge on any atom is 0.247 e. The summed E-state index contributed by atoms with van der Waals surface area (Å²) in [7, 11) is -3.60. The van der Waals surface area contributed by atoms with Crippen LogP contribution in [0.3, 0.4) is 0 Å². The first-order valence-electron chi connectivity index (χ1n) is 5.63. The molecule has 2 N–H and O–H groups in total. The molecule has 98 valence electrons. The van der Waals surface area contributed by atoms with Gasteiger partial charge in [0.15, 0.2) is 0 Å². The Bertz CT molecular complexity index is 584. The van der Waals surface area contributed by atoms with Gasteiger partial charge in [-0.2, -0.15) is 0 Å². The molecule has 1 aromatic rings. The second-order valence-corrected chi connectivity index (χ2v) is 6.78. The minimum atomic E-state index is -3.60. The lowest BCUT2D eigenvalue weighted by atomic mass is 10.0. The molecular formula is C12H15NO3S2. The number of thiophene rings is 1. The van der Waals surface area contributed by atoms with E-state index < -0.39 is 10.0 Å². The van der Waals surface area contributed by atoms with Gasteiger partial charge in [-0.25, -0.2) is 13.6 Å². The number of rotatable bonds is 4. The quantitative estimate of drug-likeness (QED) is 0.921. The fraction of sp³-hybridized carbons (Fsp3) is 0.333. The Labute approximate surface area is 111 Å². The van der Waals surface area contributed by atoms with Gasteiger partial charge in [0.2, 0.25) is 10.0 Å². The summed E-state index contributed by atoms with van der Waals surface area (Å²) in [6.45, 7) is 2.65. The summed E-state index contributed by atoms with van der Waals surface area (Å²) in [5.41, 5.74) is 1.02. The first-order chi connectivity index (χ1) is 8.50. The van der Waals surface area contributed by atoms with Crippen molar-refractivity contribution in [1.82, 2.24) is 0 Å². The number of sulfonamides is 1. The Hall–Kier alpha value is -0.950. The normalized spacial score (nSPS) is 19.9. The van der Waals surface area contributed by atoms with E-state index in [0.717, 1.165) is 16.9 Å². The monoisotopic (exact) mass is 285 g/mol. The molecule has 0 aliphatic heterocycles. The van der Waals surface area contributed by atoms with Crippen molar-refractivity contribution >= 4 is 26.9 Å². The average molecular weight is 285 g/mol. The van der Waals surface area contributed by atoms with Gasteiger partial charge in [0.05, 0.1) is 6.10 Å². The second-order valence-electron chi connectivity index (χ2n) is 3.91. The van der Waals surface area contributed by atoms with E-state index in [1.165, 1.54) is 11.3 Å². The molecule has 18 heavy (non-hydrogen) atoms. The van der Waals surface area contributed by atoms with Gasteiger partial charge in [-0.3, -0.25) is 0 Å². The van der Waals surface area contributed by atoms with Gasteiger partial charge in [0.1, 0.15) is 4.21 Å². The Morgan fingerprint density at radius 2 is 2.28 bits per heavy atom. The van der Waals surface area contributed by atoms with Crippen molar-refractivity contribution < 1.29 is 13.2 Å². The Morgan fingerprint density at radius 1 is 1.50 bits per heavy atom. The average Bonchev–Trinajstić information content (AvgIpc) is 2.79. The van der Waals surface area contributed by atoms with Gasteiger partial charge in [-0.05, 0) is 31.1 Å². The van der Waals surface area contributed by atoms with Crippen LogP contribution in [-0.4, -0.2) is 21.1 Å². The summed E-state index contributed by atoms with van der Waals surface area (Å²) in [6, 6.07) is 3.32. The minimum absolute atomic E-state index is 0.122. The summed E-state index contributed by atoms with van der Waals surface area (Å²) in [4.78, 5) is 0.908. The van der Waals surface area contributed by atoms with E-state index in [1.807, 2.05) is 19.1 Å². The Kier molecular flexibility index (Phi) is 4.01. The van der Waals surface area contributed by atoms with Crippen LogP contribution in [0.15, 0.2) is 34.6 Å². The molecule has 0 spiro atoms. The van der Waals surface area contributed by atoms with E-state index >= 15 is 0 Å². The summed E-state index contributed by atoms with van der Waals surface area (Å²) < 4.78 is 28.1. The largest absolute Gasteiger partial charge is 0.374 e. The molecule has 2 rings (SSSR count). The Balaban J connectivity index is 2.15. The van der Waals surface area contributed by atoms with Crippen LogP contribution in [0.2, 0.25) is 0 Å². The Morgan fingerprint density at radius 3 is 2.78 bits per heavy atom. The lowest BCUT2D eigenvalue weighted by molar-refractivity contribution is 0.0980. The molecule has 1 aliphatic rings.